The van der Waals surface area contributed by atoms with Crippen LogP contribution in [0.25, 0.3) is 0 Å². The van der Waals surface area contributed by atoms with E-state index in [-0.39, 0.29) is 11.9 Å². The number of amides is 1. The minimum Gasteiger partial charge on any atom is -0.378 e. The third-order valence-corrected chi connectivity index (χ3v) is 4.38. The fourth-order valence-corrected chi connectivity index (χ4v) is 3.14. The van der Waals surface area contributed by atoms with Gasteiger partial charge in [0, 0.05) is 45.1 Å². The predicted molar refractivity (Wildman–Crippen MR) is 76.8 cm³/mol. The van der Waals surface area contributed by atoms with Gasteiger partial charge in [0.05, 0.1) is 13.2 Å². The molecule has 21 heavy (non-hydrogen) atoms. The van der Waals surface area contributed by atoms with E-state index in [0.29, 0.717) is 18.9 Å². The maximum Gasteiger partial charge on any atom is 0.224 e. The van der Waals surface area contributed by atoms with Gasteiger partial charge in [-0.3, -0.25) is 4.79 Å². The maximum atomic E-state index is 12.3. The fraction of sp³-hybridized carbons (Fsp3) is 0.786. The van der Waals surface area contributed by atoms with Gasteiger partial charge in [0.15, 0.2) is 0 Å². The van der Waals surface area contributed by atoms with Crippen LogP contribution in [-0.2, 0) is 16.6 Å². The van der Waals surface area contributed by atoms with Gasteiger partial charge in [-0.25, -0.2) is 0 Å². The average Bonchev–Trinajstić information content (AvgIpc) is 2.94. The first-order valence-corrected chi connectivity index (χ1v) is 7.67. The number of carbonyl (C=O) groups excluding carboxylic acids is 1. The molecule has 0 radical (unpaired) electrons. The molecule has 7 nitrogen and oxygen atoms in total. The van der Waals surface area contributed by atoms with E-state index in [9.17, 15) is 4.79 Å². The van der Waals surface area contributed by atoms with Crippen molar-refractivity contribution in [1.29, 1.82) is 0 Å². The molecule has 2 fully saturated rings. The lowest BCUT2D eigenvalue weighted by molar-refractivity contribution is -0.133. The quantitative estimate of drug-likeness (QED) is 0.842. The molecule has 3 heterocycles. The smallest absolute Gasteiger partial charge is 0.224 e. The zero-order valence-corrected chi connectivity index (χ0v) is 12.5. The number of morpholine rings is 1. The Morgan fingerprint density at radius 1 is 1.48 bits per heavy atom. The minimum absolute atomic E-state index is 0.169. The highest BCUT2D eigenvalue weighted by molar-refractivity contribution is 5.77. The van der Waals surface area contributed by atoms with Crippen molar-refractivity contribution in [3.05, 3.63) is 12.2 Å². The van der Waals surface area contributed by atoms with Gasteiger partial charge >= 0.3 is 0 Å². The van der Waals surface area contributed by atoms with Gasteiger partial charge in [0.2, 0.25) is 5.91 Å². The topological polar surface area (TPSA) is 72.3 Å². The predicted octanol–water partition coefficient (Wildman–Crippen LogP) is -0.100. The largest absolute Gasteiger partial charge is 0.378 e. The van der Waals surface area contributed by atoms with Gasteiger partial charge in [-0.05, 0) is 12.8 Å². The molecule has 0 aromatic carbocycles. The first-order chi connectivity index (χ1) is 10.2. The highest BCUT2D eigenvalue weighted by atomic mass is 16.5. The first-order valence-electron chi connectivity index (χ1n) is 7.67. The number of nitrogens with zero attached hydrogens (tertiary/aromatic N) is 4. The van der Waals surface area contributed by atoms with Gasteiger partial charge in [0.25, 0.3) is 0 Å². The van der Waals surface area contributed by atoms with Gasteiger partial charge in [-0.1, -0.05) is 0 Å². The van der Waals surface area contributed by atoms with E-state index in [1.807, 2.05) is 16.5 Å². The van der Waals surface area contributed by atoms with Crippen molar-refractivity contribution in [3.8, 4) is 0 Å². The molecule has 2 aliphatic rings. The Morgan fingerprint density at radius 3 is 2.90 bits per heavy atom. The van der Waals surface area contributed by atoms with Crippen molar-refractivity contribution >= 4 is 5.91 Å². The number of nitrogens with one attached hydrogen (secondary N) is 1. The third-order valence-electron chi connectivity index (χ3n) is 4.38. The van der Waals surface area contributed by atoms with Crippen molar-refractivity contribution in [2.45, 2.75) is 31.2 Å². The van der Waals surface area contributed by atoms with Crippen LogP contribution in [0.3, 0.4) is 0 Å². The Hall–Kier alpha value is -1.47. The lowest BCUT2D eigenvalue weighted by Gasteiger charge is -2.33. The van der Waals surface area contributed by atoms with Crippen LogP contribution in [0.15, 0.2) is 6.33 Å². The average molecular weight is 293 g/mol. The van der Waals surface area contributed by atoms with E-state index in [4.69, 9.17) is 4.74 Å². The van der Waals surface area contributed by atoms with Gasteiger partial charge in [0.1, 0.15) is 12.2 Å². The molecular weight excluding hydrogens is 270 g/mol. The monoisotopic (exact) mass is 293 g/mol. The van der Waals surface area contributed by atoms with E-state index in [2.05, 4.69) is 15.5 Å². The second-order valence-electron chi connectivity index (χ2n) is 5.89. The number of piperidine rings is 1. The number of carbonyl (C=O) groups is 1. The molecule has 1 aromatic rings. The van der Waals surface area contributed by atoms with Crippen LogP contribution in [0.5, 0.6) is 0 Å². The number of hydrogen-bond acceptors (Lipinski definition) is 5. The highest BCUT2D eigenvalue weighted by Crippen LogP contribution is 2.26. The molecule has 1 atom stereocenters. The van der Waals surface area contributed by atoms with E-state index in [1.165, 1.54) is 0 Å². The number of hydrogen-bond donors (Lipinski definition) is 1. The molecule has 3 rings (SSSR count). The van der Waals surface area contributed by atoms with Crippen LogP contribution >= 0.6 is 0 Å². The van der Waals surface area contributed by atoms with Crippen molar-refractivity contribution in [2.75, 3.05) is 32.8 Å². The first kappa shape index (κ1) is 14.5. The molecule has 1 amide bonds. The molecule has 7 heteroatoms. The molecule has 0 saturated carbocycles. The summed E-state index contributed by atoms with van der Waals surface area (Å²) in [5.41, 5.74) is 0. The van der Waals surface area contributed by atoms with Crippen LogP contribution in [0.2, 0.25) is 0 Å². The summed E-state index contributed by atoms with van der Waals surface area (Å²) >= 11 is 0. The second kappa shape index (κ2) is 6.53. The standard InChI is InChI=1S/C14H23N5O2/c1-18-10-16-17-14(18)11-2-5-19(6-3-11)13(20)8-12-9-21-7-4-15-12/h10-12,15H,2-9H2,1H3/t12-/m1/s1. The van der Waals surface area contributed by atoms with Gasteiger partial charge in [-0.2, -0.15) is 0 Å². The summed E-state index contributed by atoms with van der Waals surface area (Å²) in [5, 5.41) is 11.5. The van der Waals surface area contributed by atoms with Gasteiger partial charge in [-0.15, -0.1) is 10.2 Å². The minimum atomic E-state index is 0.169. The molecule has 0 aliphatic carbocycles. The highest BCUT2D eigenvalue weighted by Gasteiger charge is 2.27. The van der Waals surface area contributed by atoms with Crippen LogP contribution in [-0.4, -0.2) is 64.5 Å². The summed E-state index contributed by atoms with van der Waals surface area (Å²) in [5.74, 6) is 1.68. The van der Waals surface area contributed by atoms with Crippen molar-refractivity contribution < 1.29 is 9.53 Å². The van der Waals surface area contributed by atoms with E-state index < -0.39 is 0 Å². The third kappa shape index (κ3) is 3.41. The van der Waals surface area contributed by atoms with Crippen LogP contribution < -0.4 is 5.32 Å². The molecule has 0 spiro atoms. The van der Waals surface area contributed by atoms with E-state index in [1.54, 1.807) is 6.33 Å². The summed E-state index contributed by atoms with van der Waals surface area (Å²) in [6.07, 6.45) is 4.20. The summed E-state index contributed by atoms with van der Waals surface area (Å²) < 4.78 is 7.38. The number of likely N-dealkylation sites (tertiary alicyclic amines) is 1. The number of aromatic nitrogens is 3. The maximum absolute atomic E-state index is 12.3. The molecule has 1 aromatic heterocycles. The van der Waals surface area contributed by atoms with Crippen molar-refractivity contribution in [1.82, 2.24) is 25.0 Å². The van der Waals surface area contributed by atoms with E-state index >= 15 is 0 Å². The fourth-order valence-electron chi connectivity index (χ4n) is 3.14. The van der Waals surface area contributed by atoms with Crippen LogP contribution in [0.1, 0.15) is 31.0 Å². The van der Waals surface area contributed by atoms with Gasteiger partial charge < -0.3 is 19.5 Å². The van der Waals surface area contributed by atoms with Crippen LogP contribution in [0, 0.1) is 0 Å². The zero-order valence-electron chi connectivity index (χ0n) is 12.5. The zero-order chi connectivity index (χ0) is 14.7. The Labute approximate surface area is 124 Å². The number of ether oxygens (including phenoxy) is 1. The summed E-state index contributed by atoms with van der Waals surface area (Å²) in [7, 11) is 1.97. The Balaban J connectivity index is 1.48. The molecule has 0 bridgehead atoms. The molecule has 116 valence electrons. The summed E-state index contributed by atoms with van der Waals surface area (Å²) in [6, 6.07) is 0.169. The summed E-state index contributed by atoms with van der Waals surface area (Å²) in [6.45, 7) is 3.84. The second-order valence-corrected chi connectivity index (χ2v) is 5.89. The number of rotatable bonds is 3. The lowest BCUT2D eigenvalue weighted by atomic mass is 9.95. The van der Waals surface area contributed by atoms with E-state index in [0.717, 1.165) is 44.9 Å². The lowest BCUT2D eigenvalue weighted by Crippen LogP contribution is -2.46. The van der Waals surface area contributed by atoms with Crippen molar-refractivity contribution in [2.24, 2.45) is 7.05 Å². The van der Waals surface area contributed by atoms with Crippen molar-refractivity contribution in [3.63, 3.8) is 0 Å². The number of aryl methyl sites for hydroxylation is 1. The molecule has 2 saturated heterocycles. The molecular formula is C14H23N5O2. The molecule has 0 unspecified atom stereocenters. The molecule has 2 aliphatic heterocycles. The van der Waals surface area contributed by atoms with Crippen LogP contribution in [0.4, 0.5) is 0 Å². The Kier molecular flexibility index (Phi) is 4.50. The Bertz CT molecular complexity index is 475. The molecule has 1 N–H and O–H groups in total. The Morgan fingerprint density at radius 2 is 2.29 bits per heavy atom. The normalized spacial score (nSPS) is 24.2. The summed E-state index contributed by atoms with van der Waals surface area (Å²) in [4.78, 5) is 14.3. The SMILES string of the molecule is Cn1cnnc1C1CCN(C(=O)C[C@@H]2COCCN2)CC1.